The van der Waals surface area contributed by atoms with E-state index in [1.807, 2.05) is 11.0 Å². The molecule has 3 saturated heterocycles. The number of fused-ring (bicyclic) bond motifs is 1. The Morgan fingerprint density at radius 1 is 1.10 bits per heavy atom. The van der Waals surface area contributed by atoms with Crippen LogP contribution in [0.5, 0.6) is 0 Å². The maximum Gasteiger partial charge on any atom is 0.522 e. The van der Waals surface area contributed by atoms with Crippen LogP contribution >= 0.6 is 0 Å². The quantitative estimate of drug-likeness (QED) is 0.207. The fourth-order valence-corrected chi connectivity index (χ4v) is 8.50. The number of hydrogen-bond donors (Lipinski definition) is 1. The number of nitrogens with one attached hydrogen (secondary N) is 1. The molecule has 0 aliphatic carbocycles. The first-order valence-electron chi connectivity index (χ1n) is 16.7. The van der Waals surface area contributed by atoms with Crippen LogP contribution in [0, 0.1) is 5.92 Å². The van der Waals surface area contributed by atoms with E-state index < -0.39 is 28.5 Å². The van der Waals surface area contributed by atoms with Crippen molar-refractivity contribution in [2.45, 2.75) is 63.7 Å². The Labute approximate surface area is 288 Å². The van der Waals surface area contributed by atoms with Crippen LogP contribution in [0.2, 0.25) is 0 Å². The van der Waals surface area contributed by atoms with Gasteiger partial charge in [0.2, 0.25) is 11.9 Å². The molecule has 0 spiro atoms. The molecule has 0 unspecified atom stereocenters. The van der Waals surface area contributed by atoms with Crippen LogP contribution in [0.15, 0.2) is 43.2 Å². The summed E-state index contributed by atoms with van der Waals surface area (Å²) >= 11 is 0. The van der Waals surface area contributed by atoms with Crippen molar-refractivity contribution in [3.05, 3.63) is 54.4 Å². The van der Waals surface area contributed by atoms with E-state index in [1.165, 1.54) is 23.4 Å². The SMILES string of the molecule is C=CC(=O)N1CCC[C@@H]1c1cc(N2CC(CS(C)(=O)=O)C2)c2cnc(Nc3ccnc(N4CC[C@@H](OC(F)(F)F)[C@@H](F)C4)n3)cc2c1C(C)C. The number of rotatable bonds is 10. The number of aromatic nitrogens is 3. The van der Waals surface area contributed by atoms with E-state index in [9.17, 15) is 30.8 Å². The number of carbonyl (C=O) groups excluding carboxylic acids is 1. The number of carbonyl (C=O) groups is 1. The van der Waals surface area contributed by atoms with Gasteiger partial charge in [-0.2, -0.15) is 4.98 Å². The van der Waals surface area contributed by atoms with Crippen LogP contribution in [0.25, 0.3) is 10.8 Å². The molecule has 3 aliphatic rings. The number of sulfone groups is 1. The first kappa shape index (κ1) is 35.8. The number of benzene rings is 1. The molecule has 270 valence electrons. The average Bonchev–Trinajstić information content (AvgIpc) is 3.51. The van der Waals surface area contributed by atoms with Crippen LogP contribution in [0.3, 0.4) is 0 Å². The highest BCUT2D eigenvalue weighted by atomic mass is 32.2. The third-order valence-corrected chi connectivity index (χ3v) is 10.6. The van der Waals surface area contributed by atoms with Crippen LogP contribution in [-0.4, -0.2) is 97.5 Å². The van der Waals surface area contributed by atoms with Gasteiger partial charge in [-0.15, -0.1) is 13.2 Å². The fourth-order valence-electron chi connectivity index (χ4n) is 7.43. The number of likely N-dealkylation sites (tertiary alicyclic amines) is 1. The molecule has 1 aromatic carbocycles. The van der Waals surface area contributed by atoms with Crippen molar-refractivity contribution >= 4 is 49.8 Å². The Hall–Kier alpha value is -4.05. The summed E-state index contributed by atoms with van der Waals surface area (Å²) in [4.78, 5) is 31.9. The van der Waals surface area contributed by atoms with Crippen LogP contribution in [0.1, 0.15) is 56.2 Å². The lowest BCUT2D eigenvalue weighted by Gasteiger charge is -2.42. The zero-order chi connectivity index (χ0) is 36.0. The lowest BCUT2D eigenvalue weighted by Crippen LogP contribution is -2.49. The van der Waals surface area contributed by atoms with Gasteiger partial charge in [0.05, 0.1) is 18.3 Å². The van der Waals surface area contributed by atoms with Gasteiger partial charge in [-0.05, 0) is 66.0 Å². The number of alkyl halides is 4. The van der Waals surface area contributed by atoms with Gasteiger partial charge in [-0.25, -0.2) is 22.8 Å². The summed E-state index contributed by atoms with van der Waals surface area (Å²) < 4.78 is 80.7. The number of hydrogen-bond acceptors (Lipinski definition) is 10. The number of ether oxygens (including phenoxy) is 1. The van der Waals surface area contributed by atoms with Gasteiger partial charge < -0.3 is 20.0 Å². The summed E-state index contributed by atoms with van der Waals surface area (Å²) in [5.74, 6) is 1.04. The normalized spacial score (nSPS) is 21.9. The Kier molecular flexibility index (Phi) is 9.96. The minimum Gasteiger partial charge on any atom is -0.370 e. The first-order chi connectivity index (χ1) is 23.6. The summed E-state index contributed by atoms with van der Waals surface area (Å²) in [7, 11) is -3.13. The summed E-state index contributed by atoms with van der Waals surface area (Å²) in [6.45, 7) is 9.41. The molecule has 16 heteroatoms. The smallest absolute Gasteiger partial charge is 0.370 e. The minimum atomic E-state index is -4.92. The molecular weight excluding hydrogens is 678 g/mol. The molecule has 6 rings (SSSR count). The van der Waals surface area contributed by atoms with Gasteiger partial charge in [0.15, 0.2) is 0 Å². The van der Waals surface area contributed by atoms with E-state index in [0.717, 1.165) is 40.4 Å². The first-order valence-corrected chi connectivity index (χ1v) is 18.7. The molecule has 3 fully saturated rings. The molecule has 0 saturated carbocycles. The highest BCUT2D eigenvalue weighted by Crippen LogP contribution is 2.45. The summed E-state index contributed by atoms with van der Waals surface area (Å²) in [6.07, 6.45) is -1.08. The molecule has 3 aromatic rings. The van der Waals surface area contributed by atoms with Gasteiger partial charge in [-0.1, -0.05) is 20.4 Å². The third kappa shape index (κ3) is 7.80. The molecule has 3 aliphatic heterocycles. The lowest BCUT2D eigenvalue weighted by atomic mass is 9.85. The Balaban J connectivity index is 1.33. The zero-order valence-corrected chi connectivity index (χ0v) is 29.0. The van der Waals surface area contributed by atoms with Gasteiger partial charge in [-0.3, -0.25) is 9.53 Å². The Morgan fingerprint density at radius 2 is 1.86 bits per heavy atom. The van der Waals surface area contributed by atoms with Crippen molar-refractivity contribution in [1.82, 2.24) is 19.9 Å². The number of piperidine rings is 1. The number of halogens is 4. The van der Waals surface area contributed by atoms with E-state index in [0.29, 0.717) is 31.3 Å². The molecular formula is C34H41F4N7O4S. The largest absolute Gasteiger partial charge is 0.522 e. The second-order valence-corrected chi connectivity index (χ2v) is 15.8. The standard InChI is InChI=1S/C34H41F4N7O4S/c1-5-31(46)45-11-6-7-26(45)23-13-27(44-16-21(17-44)19-50(4,47)48)24-15-40-30(14-22(24)32(23)20(2)3)41-29-8-10-39-33(42-29)43-12-9-28(25(35)18-43)49-34(36,37)38/h5,8,10,13-15,20-21,25-26,28H,1,6-7,9,11-12,16-19H2,2-4H3,(H,39,40,41,42)/t25-,26+,28+/m0/s1. The van der Waals surface area contributed by atoms with Crippen LogP contribution in [-0.2, 0) is 19.4 Å². The minimum absolute atomic E-state index is 0.00934. The summed E-state index contributed by atoms with van der Waals surface area (Å²) in [5, 5.41) is 5.03. The monoisotopic (exact) mass is 719 g/mol. The van der Waals surface area contributed by atoms with Gasteiger partial charge in [0.25, 0.3) is 0 Å². The van der Waals surface area contributed by atoms with Crippen molar-refractivity contribution in [2.24, 2.45) is 5.92 Å². The molecule has 1 amide bonds. The molecule has 3 atom stereocenters. The Bertz CT molecular complexity index is 1870. The number of pyridine rings is 1. The van der Waals surface area contributed by atoms with Gasteiger partial charge >= 0.3 is 6.36 Å². The van der Waals surface area contributed by atoms with Crippen molar-refractivity contribution in [3.63, 3.8) is 0 Å². The van der Waals surface area contributed by atoms with E-state index in [2.05, 4.69) is 51.4 Å². The number of anilines is 4. The van der Waals surface area contributed by atoms with Gasteiger partial charge in [0, 0.05) is 61.8 Å². The summed E-state index contributed by atoms with van der Waals surface area (Å²) in [5.41, 5.74) is 3.02. The molecule has 2 aromatic heterocycles. The van der Waals surface area contributed by atoms with Crippen molar-refractivity contribution < 1.29 is 35.5 Å². The topological polar surface area (TPSA) is 121 Å². The molecule has 0 bridgehead atoms. The van der Waals surface area contributed by atoms with E-state index in [4.69, 9.17) is 4.98 Å². The third-order valence-electron chi connectivity index (χ3n) is 9.51. The molecule has 11 nitrogen and oxygen atoms in total. The highest BCUT2D eigenvalue weighted by molar-refractivity contribution is 7.90. The predicted molar refractivity (Wildman–Crippen MR) is 183 cm³/mol. The number of amides is 1. The Morgan fingerprint density at radius 3 is 2.52 bits per heavy atom. The van der Waals surface area contributed by atoms with E-state index in [1.54, 1.807) is 12.3 Å². The van der Waals surface area contributed by atoms with Crippen molar-refractivity contribution in [2.75, 3.05) is 59.8 Å². The maximum absolute atomic E-state index is 14.7. The number of nitrogens with zero attached hydrogens (tertiary/aromatic N) is 6. The fraction of sp³-hybridized carbons (Fsp3) is 0.529. The zero-order valence-electron chi connectivity index (χ0n) is 28.2. The maximum atomic E-state index is 14.7. The molecule has 50 heavy (non-hydrogen) atoms. The van der Waals surface area contributed by atoms with Crippen LogP contribution in [0.4, 0.5) is 40.8 Å². The predicted octanol–water partition coefficient (Wildman–Crippen LogP) is 5.68. The van der Waals surface area contributed by atoms with Gasteiger partial charge in [0.1, 0.15) is 33.7 Å². The van der Waals surface area contributed by atoms with Crippen molar-refractivity contribution in [3.8, 4) is 0 Å². The van der Waals surface area contributed by atoms with Crippen molar-refractivity contribution in [1.29, 1.82) is 0 Å². The molecule has 1 N–H and O–H groups in total. The lowest BCUT2D eigenvalue weighted by molar-refractivity contribution is -0.349. The van der Waals surface area contributed by atoms with E-state index in [-0.39, 0.29) is 55.0 Å². The highest BCUT2D eigenvalue weighted by Gasteiger charge is 2.41. The molecule has 5 heterocycles. The van der Waals surface area contributed by atoms with E-state index >= 15 is 0 Å². The average molecular weight is 720 g/mol. The second kappa shape index (κ2) is 13.9. The molecule has 0 radical (unpaired) electrons. The summed E-state index contributed by atoms with van der Waals surface area (Å²) in [6, 6.07) is 5.53. The second-order valence-electron chi connectivity index (χ2n) is 13.6. The van der Waals surface area contributed by atoms with Crippen LogP contribution < -0.4 is 15.1 Å².